The normalized spacial score (nSPS) is 35.3. The summed E-state index contributed by atoms with van der Waals surface area (Å²) in [6.07, 6.45) is -6.80. The molecule has 9 unspecified atom stereocenters. The van der Waals surface area contributed by atoms with Gasteiger partial charge in [0.1, 0.15) is 29.5 Å². The maximum Gasteiger partial charge on any atom is 0.338 e. The Labute approximate surface area is 380 Å². The van der Waals surface area contributed by atoms with Gasteiger partial charge in [0.15, 0.2) is 25.5 Å². The van der Waals surface area contributed by atoms with E-state index < -0.39 is 82.3 Å². The van der Waals surface area contributed by atoms with Gasteiger partial charge in [-0.05, 0) is 49.3 Å². The van der Waals surface area contributed by atoms with Crippen molar-refractivity contribution in [3.05, 3.63) is 47.0 Å². The molecular formula is C36H50Ac2O13S. The summed E-state index contributed by atoms with van der Waals surface area (Å²) < 4.78 is 34.2. The number of carbonyl (C=O) groups excluding carboxylic acids is 3. The molecule has 2 radical (unpaired) electrons. The zero-order valence-electron chi connectivity index (χ0n) is 30.8. The van der Waals surface area contributed by atoms with E-state index in [2.05, 4.69) is 0 Å². The molecule has 3 aliphatic carbocycles. The van der Waals surface area contributed by atoms with Crippen molar-refractivity contribution < 1.29 is 151 Å². The van der Waals surface area contributed by atoms with Gasteiger partial charge >= 0.3 is 11.9 Å². The fourth-order valence-corrected chi connectivity index (χ4v) is 8.68. The number of ether oxygens (including phenoxy) is 6. The van der Waals surface area contributed by atoms with Crippen molar-refractivity contribution in [3.63, 3.8) is 0 Å². The molecule has 0 spiro atoms. The summed E-state index contributed by atoms with van der Waals surface area (Å²) in [7, 11) is 0. The van der Waals surface area contributed by atoms with E-state index in [9.17, 15) is 34.8 Å². The summed E-state index contributed by atoms with van der Waals surface area (Å²) in [5, 5.41) is 48.9. The van der Waals surface area contributed by atoms with E-state index in [0.29, 0.717) is 11.5 Å². The fraction of sp³-hybridized carbons (Fsp3) is 0.694. The Bertz CT molecular complexity index is 1480. The Morgan fingerprint density at radius 2 is 1.67 bits per heavy atom. The van der Waals surface area contributed by atoms with Gasteiger partial charge in [0, 0.05) is 112 Å². The van der Waals surface area contributed by atoms with E-state index in [1.807, 2.05) is 6.26 Å². The van der Waals surface area contributed by atoms with Crippen molar-refractivity contribution in [1.29, 1.82) is 0 Å². The second kappa shape index (κ2) is 18.4. The molecular weight excluding hydrogens is 1130 g/mol. The molecule has 0 amide bonds. The molecule has 284 valence electrons. The first-order valence-corrected chi connectivity index (χ1v) is 18.3. The molecule has 2 saturated carbocycles. The molecule has 3 fully saturated rings. The number of benzene rings is 1. The van der Waals surface area contributed by atoms with E-state index in [1.165, 1.54) is 30.8 Å². The predicted octanol–water partition coefficient (Wildman–Crippen LogP) is 2.37. The SMILES string of the molecule is CSCOCOCOC(C(=O)OC1CC2(O)C(OC(=O)c3ccccc3)C3C4(O)COC4CC(O)[C@@]3(C)C(=O)C(O)C(=C1C)C2(C)C)C(C)C.[Ac].[Ac]. The van der Waals surface area contributed by atoms with Gasteiger partial charge in [-0.2, -0.15) is 0 Å². The number of fused-ring (bicyclic) bond motifs is 5. The Morgan fingerprint density at radius 3 is 2.25 bits per heavy atom. The minimum absolute atomic E-state index is 0. The number of Topliss-reactive ketones (excluding diaryl/α,β-unsaturated/α-hetero) is 1. The first kappa shape index (κ1) is 46.9. The smallest absolute Gasteiger partial charge is 0.338 e. The predicted molar refractivity (Wildman–Crippen MR) is 179 cm³/mol. The van der Waals surface area contributed by atoms with Crippen LogP contribution in [-0.2, 0) is 38.0 Å². The average Bonchev–Trinajstić information content (AvgIpc) is 3.06. The number of ketones is 1. The van der Waals surface area contributed by atoms with Crippen molar-refractivity contribution in [2.75, 3.05) is 32.4 Å². The van der Waals surface area contributed by atoms with Crippen LogP contribution in [0.25, 0.3) is 0 Å². The summed E-state index contributed by atoms with van der Waals surface area (Å²) in [6.45, 7) is 9.21. The minimum atomic E-state index is -2.18. The van der Waals surface area contributed by atoms with Crippen molar-refractivity contribution in [3.8, 4) is 0 Å². The molecule has 1 aromatic rings. The zero-order valence-corrected chi connectivity index (χ0v) is 41.1. The molecule has 1 heterocycles. The maximum atomic E-state index is 14.6. The second-order valence-electron chi connectivity index (χ2n) is 14.9. The minimum Gasteiger partial charge on any atom is -0.456 e. The third-order valence-electron chi connectivity index (χ3n) is 11.4. The van der Waals surface area contributed by atoms with E-state index in [0.717, 1.165) is 0 Å². The van der Waals surface area contributed by atoms with Crippen LogP contribution in [0.15, 0.2) is 41.5 Å². The van der Waals surface area contributed by atoms with Crippen LogP contribution in [0.5, 0.6) is 0 Å². The van der Waals surface area contributed by atoms with Crippen LogP contribution in [0.4, 0.5) is 0 Å². The molecule has 2 bridgehead atoms. The standard InChI is InChI=1S/C36H50O13S.2Ac/c1-19(2)27(47-17-44-16-45-18-50-7)32(41)48-22-14-36(43)30(49-31(40)21-11-9-8-10-12-21)28-34(6,23(37)13-24-35(28,42)15-46-24)29(39)26(38)25(20(22)3)33(36,4)5;;/h8-12,19,22-24,26-28,30,37-38,42-43H,13-18H2,1-7H3;;/t22?,23?,24?,26?,27?,28?,30?,34-,35?,36?;;/m1../s1. The van der Waals surface area contributed by atoms with Crippen LogP contribution in [-0.4, -0.2) is 118 Å². The molecule has 13 nitrogen and oxygen atoms in total. The van der Waals surface area contributed by atoms with Gasteiger partial charge in [0.2, 0.25) is 0 Å². The van der Waals surface area contributed by atoms with Gasteiger partial charge in [0.05, 0.1) is 35.7 Å². The van der Waals surface area contributed by atoms with Crippen LogP contribution in [0.2, 0.25) is 0 Å². The van der Waals surface area contributed by atoms with Gasteiger partial charge < -0.3 is 48.8 Å². The molecule has 52 heavy (non-hydrogen) atoms. The molecule has 0 aromatic heterocycles. The monoisotopic (exact) mass is 1180 g/mol. The van der Waals surface area contributed by atoms with Crippen molar-refractivity contribution in [1.82, 2.24) is 0 Å². The number of carbonyl (C=O) groups is 3. The molecule has 1 aromatic carbocycles. The van der Waals surface area contributed by atoms with E-state index in [-0.39, 0.29) is 138 Å². The summed E-state index contributed by atoms with van der Waals surface area (Å²) in [5.41, 5.74) is -6.85. The molecule has 4 aliphatic rings. The van der Waals surface area contributed by atoms with Crippen LogP contribution < -0.4 is 0 Å². The zero-order chi connectivity index (χ0) is 36.8. The van der Waals surface area contributed by atoms with Gasteiger partial charge in [-0.25, -0.2) is 9.59 Å². The third-order valence-corrected chi connectivity index (χ3v) is 11.8. The second-order valence-corrected chi connectivity index (χ2v) is 15.7. The van der Waals surface area contributed by atoms with E-state index >= 15 is 0 Å². The summed E-state index contributed by atoms with van der Waals surface area (Å²) in [4.78, 5) is 42.1. The Hall–Kier alpha value is 0.483. The van der Waals surface area contributed by atoms with Gasteiger partial charge in [-0.3, -0.25) is 4.79 Å². The molecule has 16 heteroatoms. The number of thioether (sulfide) groups is 1. The topological polar surface area (TPSA) is 188 Å². The van der Waals surface area contributed by atoms with Crippen LogP contribution >= 0.6 is 11.8 Å². The average molecular weight is 1180 g/mol. The van der Waals surface area contributed by atoms with E-state index in [1.54, 1.807) is 52.8 Å². The molecule has 10 atom stereocenters. The number of hydrogen-bond acceptors (Lipinski definition) is 14. The first-order valence-electron chi connectivity index (χ1n) is 16.9. The number of rotatable bonds is 12. The molecule has 4 N–H and O–H groups in total. The quantitative estimate of drug-likeness (QED) is 0.104. The van der Waals surface area contributed by atoms with Gasteiger partial charge in [-0.1, -0.05) is 45.9 Å². The molecule has 1 saturated heterocycles. The number of aliphatic hydroxyl groups is 4. The summed E-state index contributed by atoms with van der Waals surface area (Å²) in [5.74, 6) is -3.82. The fourth-order valence-electron chi connectivity index (χ4n) is 8.45. The molecule has 5 rings (SSSR count). The Balaban J connectivity index is 0.00000364. The maximum absolute atomic E-state index is 14.6. The Kier molecular flexibility index (Phi) is 16.6. The van der Waals surface area contributed by atoms with Crippen molar-refractivity contribution >= 4 is 29.5 Å². The number of hydrogen-bond donors (Lipinski definition) is 4. The Morgan fingerprint density at radius 1 is 1.02 bits per heavy atom. The van der Waals surface area contributed by atoms with E-state index in [4.69, 9.17) is 28.4 Å². The van der Waals surface area contributed by atoms with Crippen LogP contribution in [0.1, 0.15) is 64.7 Å². The summed E-state index contributed by atoms with van der Waals surface area (Å²) in [6, 6.07) is 8.05. The summed E-state index contributed by atoms with van der Waals surface area (Å²) >= 11 is 1.48. The third kappa shape index (κ3) is 8.24. The van der Waals surface area contributed by atoms with Crippen molar-refractivity contribution in [2.45, 2.75) is 102 Å². The van der Waals surface area contributed by atoms with Gasteiger partial charge in [0.25, 0.3) is 0 Å². The van der Waals surface area contributed by atoms with Gasteiger partial charge in [-0.15, -0.1) is 11.8 Å². The number of esters is 2. The van der Waals surface area contributed by atoms with Crippen LogP contribution in [0.3, 0.4) is 0 Å². The van der Waals surface area contributed by atoms with Crippen molar-refractivity contribution in [2.24, 2.45) is 22.7 Å². The largest absolute Gasteiger partial charge is 0.456 e. The number of aliphatic hydroxyl groups excluding tert-OH is 2. The first-order chi connectivity index (χ1) is 23.5. The van der Waals surface area contributed by atoms with Crippen LogP contribution in [0, 0.1) is 111 Å². The molecule has 1 aliphatic heterocycles.